The summed E-state index contributed by atoms with van der Waals surface area (Å²) < 4.78 is 0. The molecule has 0 spiro atoms. The summed E-state index contributed by atoms with van der Waals surface area (Å²) in [6.07, 6.45) is 4.68. The lowest BCUT2D eigenvalue weighted by Gasteiger charge is -2.46. The molecule has 1 aliphatic rings. The van der Waals surface area contributed by atoms with E-state index >= 15 is 0 Å². The summed E-state index contributed by atoms with van der Waals surface area (Å²) in [6, 6.07) is 2.06. The predicted octanol–water partition coefficient (Wildman–Crippen LogP) is 2.74. The van der Waals surface area contributed by atoms with Crippen LogP contribution in [0.1, 0.15) is 31.4 Å². The van der Waals surface area contributed by atoms with Gasteiger partial charge in [0.05, 0.1) is 0 Å². The number of rotatable bonds is 1. The van der Waals surface area contributed by atoms with E-state index < -0.39 is 5.60 Å². The third-order valence-electron chi connectivity index (χ3n) is 3.65. The number of hydrogen-bond acceptors (Lipinski definition) is 3. The van der Waals surface area contributed by atoms with Gasteiger partial charge in [0.1, 0.15) is 5.60 Å². The van der Waals surface area contributed by atoms with Crippen molar-refractivity contribution in [2.75, 3.05) is 11.5 Å². The third kappa shape index (κ3) is 1.87. The average Bonchev–Trinajstić information content (AvgIpc) is 2.22. The Labute approximate surface area is 101 Å². The van der Waals surface area contributed by atoms with Gasteiger partial charge in [-0.1, -0.05) is 19.9 Å². The molecule has 1 aliphatic heterocycles. The van der Waals surface area contributed by atoms with E-state index in [1.54, 1.807) is 6.20 Å². The molecule has 16 heavy (non-hydrogen) atoms. The molecule has 88 valence electrons. The standard InChI is InChI=1S/C13H19NOS/c1-10-6-11(8-14-7-10)13(15)9-16-5-4-12(13,2)3/h6-8,15H,4-5,9H2,1-3H3. The van der Waals surface area contributed by atoms with E-state index in [-0.39, 0.29) is 5.41 Å². The van der Waals surface area contributed by atoms with Crippen LogP contribution in [0.25, 0.3) is 0 Å². The number of hydrogen-bond donors (Lipinski definition) is 1. The highest BCUT2D eigenvalue weighted by Crippen LogP contribution is 2.48. The minimum absolute atomic E-state index is 0.0757. The van der Waals surface area contributed by atoms with Crippen LogP contribution in [0.5, 0.6) is 0 Å². The Morgan fingerprint density at radius 3 is 2.75 bits per heavy atom. The van der Waals surface area contributed by atoms with Gasteiger partial charge in [-0.05, 0) is 30.1 Å². The number of aryl methyl sites for hydroxylation is 1. The molecule has 2 rings (SSSR count). The Hall–Kier alpha value is -0.540. The SMILES string of the molecule is Cc1cncc(C2(O)CSCCC2(C)C)c1. The van der Waals surface area contributed by atoms with Gasteiger partial charge in [-0.25, -0.2) is 0 Å². The zero-order valence-corrected chi connectivity index (χ0v) is 11.0. The Bertz CT molecular complexity index is 391. The fourth-order valence-electron chi connectivity index (χ4n) is 2.20. The number of aromatic nitrogens is 1. The second-order valence-electron chi connectivity index (χ2n) is 5.30. The number of thioether (sulfide) groups is 1. The lowest BCUT2D eigenvalue weighted by atomic mass is 9.70. The first-order valence-electron chi connectivity index (χ1n) is 5.68. The van der Waals surface area contributed by atoms with Crippen LogP contribution in [0, 0.1) is 12.3 Å². The van der Waals surface area contributed by atoms with Gasteiger partial charge in [0.2, 0.25) is 0 Å². The van der Waals surface area contributed by atoms with Crippen molar-refractivity contribution >= 4 is 11.8 Å². The highest BCUT2D eigenvalue weighted by molar-refractivity contribution is 7.99. The summed E-state index contributed by atoms with van der Waals surface area (Å²) in [7, 11) is 0. The first kappa shape index (κ1) is 11.9. The van der Waals surface area contributed by atoms with Crippen LogP contribution in [-0.4, -0.2) is 21.6 Å². The zero-order chi connectivity index (χ0) is 11.8. The molecule has 3 heteroatoms. The largest absolute Gasteiger partial charge is 0.384 e. The summed E-state index contributed by atoms with van der Waals surface area (Å²) >= 11 is 1.83. The van der Waals surface area contributed by atoms with E-state index in [0.29, 0.717) is 0 Å². The molecule has 0 bridgehead atoms. The van der Waals surface area contributed by atoms with Crippen molar-refractivity contribution in [2.24, 2.45) is 5.41 Å². The number of aliphatic hydroxyl groups is 1. The maximum Gasteiger partial charge on any atom is 0.105 e. The molecule has 0 saturated carbocycles. The first-order valence-corrected chi connectivity index (χ1v) is 6.83. The first-order chi connectivity index (χ1) is 7.46. The Morgan fingerprint density at radius 2 is 2.12 bits per heavy atom. The van der Waals surface area contributed by atoms with Gasteiger partial charge in [0.25, 0.3) is 0 Å². The van der Waals surface area contributed by atoms with Crippen molar-refractivity contribution in [3.8, 4) is 0 Å². The van der Waals surface area contributed by atoms with Gasteiger partial charge in [-0.15, -0.1) is 0 Å². The van der Waals surface area contributed by atoms with Crippen molar-refractivity contribution in [3.05, 3.63) is 29.6 Å². The van der Waals surface area contributed by atoms with Crippen LogP contribution in [0.4, 0.5) is 0 Å². The second-order valence-corrected chi connectivity index (χ2v) is 6.40. The topological polar surface area (TPSA) is 33.1 Å². The number of nitrogens with zero attached hydrogens (tertiary/aromatic N) is 1. The maximum atomic E-state index is 10.9. The third-order valence-corrected chi connectivity index (χ3v) is 4.77. The highest BCUT2D eigenvalue weighted by Gasteiger charge is 2.47. The van der Waals surface area contributed by atoms with Gasteiger partial charge in [-0.3, -0.25) is 4.98 Å². The Balaban J connectivity index is 2.43. The smallest absolute Gasteiger partial charge is 0.105 e. The lowest BCUT2D eigenvalue weighted by Crippen LogP contribution is -2.47. The monoisotopic (exact) mass is 237 g/mol. The fraction of sp³-hybridized carbons (Fsp3) is 0.615. The van der Waals surface area contributed by atoms with E-state index in [9.17, 15) is 5.11 Å². The van der Waals surface area contributed by atoms with Crippen LogP contribution >= 0.6 is 11.8 Å². The molecule has 1 aromatic heterocycles. The van der Waals surface area contributed by atoms with Crippen molar-refractivity contribution in [1.82, 2.24) is 4.98 Å². The van der Waals surface area contributed by atoms with Crippen LogP contribution in [0.2, 0.25) is 0 Å². The Kier molecular flexibility index (Phi) is 3.01. The molecule has 0 aliphatic carbocycles. The van der Waals surface area contributed by atoms with Crippen LogP contribution in [0.3, 0.4) is 0 Å². The van der Waals surface area contributed by atoms with E-state index in [1.807, 2.05) is 24.9 Å². The molecule has 1 atom stereocenters. The van der Waals surface area contributed by atoms with Crippen LogP contribution in [-0.2, 0) is 5.60 Å². The number of pyridine rings is 1. The molecular formula is C13H19NOS. The average molecular weight is 237 g/mol. The summed E-state index contributed by atoms with van der Waals surface area (Å²) in [5, 5.41) is 10.9. The van der Waals surface area contributed by atoms with Crippen molar-refractivity contribution in [3.63, 3.8) is 0 Å². The van der Waals surface area contributed by atoms with Gasteiger partial charge < -0.3 is 5.11 Å². The van der Waals surface area contributed by atoms with Gasteiger partial charge in [-0.2, -0.15) is 11.8 Å². The fourth-order valence-corrected chi connectivity index (χ4v) is 3.86. The molecule has 1 saturated heterocycles. The molecule has 1 N–H and O–H groups in total. The summed E-state index contributed by atoms with van der Waals surface area (Å²) in [5.41, 5.74) is 1.25. The maximum absolute atomic E-state index is 10.9. The molecule has 2 heterocycles. The quantitative estimate of drug-likeness (QED) is 0.815. The van der Waals surface area contributed by atoms with Crippen LogP contribution in [0.15, 0.2) is 18.5 Å². The van der Waals surface area contributed by atoms with Gasteiger partial charge in [0, 0.05) is 23.7 Å². The molecular weight excluding hydrogens is 218 g/mol. The molecule has 0 radical (unpaired) electrons. The van der Waals surface area contributed by atoms with Crippen molar-refractivity contribution < 1.29 is 5.11 Å². The minimum atomic E-state index is -0.741. The predicted molar refractivity (Wildman–Crippen MR) is 68.6 cm³/mol. The van der Waals surface area contributed by atoms with E-state index in [0.717, 1.165) is 29.1 Å². The highest BCUT2D eigenvalue weighted by atomic mass is 32.2. The second kappa shape index (κ2) is 4.04. The summed E-state index contributed by atoms with van der Waals surface area (Å²) in [6.45, 7) is 6.31. The molecule has 1 aromatic rings. The van der Waals surface area contributed by atoms with Crippen molar-refractivity contribution in [2.45, 2.75) is 32.8 Å². The molecule has 0 amide bonds. The molecule has 2 nitrogen and oxygen atoms in total. The molecule has 1 unspecified atom stereocenters. The van der Waals surface area contributed by atoms with E-state index in [1.165, 1.54) is 0 Å². The normalized spacial score (nSPS) is 29.0. The van der Waals surface area contributed by atoms with E-state index in [4.69, 9.17) is 0 Å². The summed E-state index contributed by atoms with van der Waals surface area (Å²) in [5.74, 6) is 1.90. The van der Waals surface area contributed by atoms with Crippen LogP contribution < -0.4 is 0 Å². The van der Waals surface area contributed by atoms with Gasteiger partial charge >= 0.3 is 0 Å². The minimum Gasteiger partial charge on any atom is -0.384 e. The summed E-state index contributed by atoms with van der Waals surface area (Å²) in [4.78, 5) is 4.20. The Morgan fingerprint density at radius 1 is 1.38 bits per heavy atom. The van der Waals surface area contributed by atoms with Crippen molar-refractivity contribution in [1.29, 1.82) is 0 Å². The zero-order valence-electron chi connectivity index (χ0n) is 10.2. The van der Waals surface area contributed by atoms with Gasteiger partial charge in [0.15, 0.2) is 0 Å². The molecule has 1 fully saturated rings. The lowest BCUT2D eigenvalue weighted by molar-refractivity contribution is -0.0581. The van der Waals surface area contributed by atoms with E-state index in [2.05, 4.69) is 24.9 Å². The molecule has 0 aromatic carbocycles.